The molecule has 96 valence electrons. The zero-order chi connectivity index (χ0) is 12.7. The van der Waals surface area contributed by atoms with Gasteiger partial charge in [0.05, 0.1) is 6.42 Å². The van der Waals surface area contributed by atoms with E-state index in [0.717, 1.165) is 24.8 Å². The number of amides is 1. The fourth-order valence-corrected chi connectivity index (χ4v) is 4.07. The van der Waals surface area contributed by atoms with Crippen LogP contribution in [0.1, 0.15) is 12.0 Å². The summed E-state index contributed by atoms with van der Waals surface area (Å²) < 4.78 is 26.2. The fourth-order valence-electron chi connectivity index (χ4n) is 2.63. The molecular weight excluding hydrogens is 256 g/mol. The van der Waals surface area contributed by atoms with E-state index in [-0.39, 0.29) is 17.9 Å². The summed E-state index contributed by atoms with van der Waals surface area (Å²) in [5.74, 6) is -0.307. The Hall–Kier alpha value is -1.10. The highest BCUT2D eigenvalue weighted by atomic mass is 32.2. The first-order valence-electron chi connectivity index (χ1n) is 5.98. The minimum atomic E-state index is -0.637. The van der Waals surface area contributed by atoms with Crippen molar-refractivity contribution in [2.75, 3.05) is 12.3 Å². The number of fused-ring (bicyclic) bond motifs is 2. The molecule has 0 radical (unpaired) electrons. The largest absolute Gasteiger partial charge is 0.337 e. The van der Waals surface area contributed by atoms with Crippen LogP contribution in [0.4, 0.5) is 8.78 Å². The van der Waals surface area contributed by atoms with Gasteiger partial charge in [-0.15, -0.1) is 0 Å². The summed E-state index contributed by atoms with van der Waals surface area (Å²) in [5.41, 5.74) is 0.275. The van der Waals surface area contributed by atoms with Gasteiger partial charge in [0.1, 0.15) is 11.6 Å². The van der Waals surface area contributed by atoms with Crippen molar-refractivity contribution in [3.63, 3.8) is 0 Å². The number of halogens is 2. The van der Waals surface area contributed by atoms with Crippen molar-refractivity contribution in [1.82, 2.24) is 4.90 Å². The van der Waals surface area contributed by atoms with Gasteiger partial charge in [-0.05, 0) is 18.1 Å². The SMILES string of the molecule is O=C(Cc1ccc(F)cc1F)N1CC2CC1CS2. The Morgan fingerprint density at radius 1 is 1.44 bits per heavy atom. The summed E-state index contributed by atoms with van der Waals surface area (Å²) in [5, 5.41) is 0.553. The predicted molar refractivity (Wildman–Crippen MR) is 66.4 cm³/mol. The smallest absolute Gasteiger partial charge is 0.227 e. The maximum Gasteiger partial charge on any atom is 0.227 e. The molecule has 1 aromatic rings. The van der Waals surface area contributed by atoms with Gasteiger partial charge in [-0.2, -0.15) is 11.8 Å². The van der Waals surface area contributed by atoms with Crippen LogP contribution in [-0.2, 0) is 11.2 Å². The monoisotopic (exact) mass is 269 g/mol. The van der Waals surface area contributed by atoms with Crippen LogP contribution in [0.3, 0.4) is 0 Å². The predicted octanol–water partition coefficient (Wildman–Crippen LogP) is 2.22. The van der Waals surface area contributed by atoms with Gasteiger partial charge in [0, 0.05) is 29.7 Å². The molecule has 2 nitrogen and oxygen atoms in total. The standard InChI is InChI=1S/C13H13F2NOS/c14-9-2-1-8(12(15)4-9)3-13(17)16-6-11-5-10(16)7-18-11/h1-2,4,10-11H,3,5-7H2. The van der Waals surface area contributed by atoms with Gasteiger partial charge in [-0.1, -0.05) is 6.07 Å². The Kier molecular flexibility index (Phi) is 3.01. The Morgan fingerprint density at radius 3 is 2.89 bits per heavy atom. The quantitative estimate of drug-likeness (QED) is 0.820. The average molecular weight is 269 g/mol. The first-order valence-corrected chi connectivity index (χ1v) is 7.03. The fraction of sp³-hybridized carbons (Fsp3) is 0.462. The summed E-state index contributed by atoms with van der Waals surface area (Å²) in [4.78, 5) is 13.9. The van der Waals surface area contributed by atoms with E-state index in [1.54, 1.807) is 0 Å². The van der Waals surface area contributed by atoms with Crippen LogP contribution < -0.4 is 0 Å². The van der Waals surface area contributed by atoms with E-state index in [9.17, 15) is 13.6 Å². The third-order valence-corrected chi connectivity index (χ3v) is 4.97. The van der Waals surface area contributed by atoms with Crippen molar-refractivity contribution in [1.29, 1.82) is 0 Å². The van der Waals surface area contributed by atoms with Gasteiger partial charge in [-0.3, -0.25) is 4.79 Å². The lowest BCUT2D eigenvalue weighted by molar-refractivity contribution is -0.131. The summed E-state index contributed by atoms with van der Waals surface area (Å²) in [6.07, 6.45) is 1.09. The molecule has 1 amide bonds. The molecule has 2 saturated heterocycles. The minimum absolute atomic E-state index is 0.0278. The molecule has 2 fully saturated rings. The molecule has 2 atom stereocenters. The van der Waals surface area contributed by atoms with Gasteiger partial charge in [0.15, 0.2) is 0 Å². The second kappa shape index (κ2) is 4.53. The number of thioether (sulfide) groups is 1. The lowest BCUT2D eigenvalue weighted by atomic mass is 10.1. The molecule has 5 heteroatoms. The van der Waals surface area contributed by atoms with Gasteiger partial charge < -0.3 is 4.90 Å². The van der Waals surface area contributed by atoms with Crippen LogP contribution in [0.25, 0.3) is 0 Å². The molecule has 2 aliphatic heterocycles. The van der Waals surface area contributed by atoms with Crippen molar-refractivity contribution in [2.45, 2.75) is 24.1 Å². The van der Waals surface area contributed by atoms with Crippen LogP contribution in [0.5, 0.6) is 0 Å². The molecule has 18 heavy (non-hydrogen) atoms. The van der Waals surface area contributed by atoms with E-state index < -0.39 is 11.6 Å². The van der Waals surface area contributed by atoms with Gasteiger partial charge in [-0.25, -0.2) is 8.78 Å². The number of carbonyl (C=O) groups excluding carboxylic acids is 1. The Bertz CT molecular complexity index is 494. The van der Waals surface area contributed by atoms with Crippen molar-refractivity contribution < 1.29 is 13.6 Å². The summed E-state index contributed by atoms with van der Waals surface area (Å²) in [7, 11) is 0. The van der Waals surface area contributed by atoms with E-state index in [0.29, 0.717) is 11.3 Å². The molecule has 2 heterocycles. The molecular formula is C13H13F2NOS. The Labute approximate surface area is 108 Å². The maximum atomic E-state index is 13.5. The number of hydrogen-bond acceptors (Lipinski definition) is 2. The summed E-state index contributed by atoms with van der Waals surface area (Å²) >= 11 is 1.91. The van der Waals surface area contributed by atoms with Gasteiger partial charge in [0.25, 0.3) is 0 Å². The van der Waals surface area contributed by atoms with Crippen molar-refractivity contribution in [2.24, 2.45) is 0 Å². The second-order valence-corrected chi connectivity index (χ2v) is 6.14. The molecule has 0 spiro atoms. The molecule has 0 aromatic heterocycles. The van der Waals surface area contributed by atoms with Crippen molar-refractivity contribution in [3.8, 4) is 0 Å². The van der Waals surface area contributed by atoms with E-state index in [1.165, 1.54) is 12.1 Å². The molecule has 3 rings (SSSR count). The lowest BCUT2D eigenvalue weighted by Gasteiger charge is -2.26. The molecule has 2 bridgehead atoms. The topological polar surface area (TPSA) is 20.3 Å². The highest BCUT2D eigenvalue weighted by Gasteiger charge is 2.40. The normalized spacial score (nSPS) is 25.8. The number of hydrogen-bond donors (Lipinski definition) is 0. The van der Waals surface area contributed by atoms with Crippen LogP contribution in [0, 0.1) is 11.6 Å². The van der Waals surface area contributed by atoms with Crippen LogP contribution >= 0.6 is 11.8 Å². The van der Waals surface area contributed by atoms with Gasteiger partial charge in [0.2, 0.25) is 5.91 Å². The third kappa shape index (κ3) is 2.11. The van der Waals surface area contributed by atoms with Crippen LogP contribution in [0.2, 0.25) is 0 Å². The molecule has 0 saturated carbocycles. The number of nitrogens with zero attached hydrogens (tertiary/aromatic N) is 1. The Balaban J connectivity index is 1.71. The van der Waals surface area contributed by atoms with E-state index in [2.05, 4.69) is 0 Å². The molecule has 0 aliphatic carbocycles. The van der Waals surface area contributed by atoms with E-state index in [4.69, 9.17) is 0 Å². The molecule has 2 unspecified atom stereocenters. The second-order valence-electron chi connectivity index (χ2n) is 4.80. The summed E-state index contributed by atoms with van der Waals surface area (Å²) in [6.45, 7) is 0.775. The van der Waals surface area contributed by atoms with Crippen LogP contribution in [-0.4, -0.2) is 34.4 Å². The number of carbonyl (C=O) groups is 1. The Morgan fingerprint density at radius 2 is 2.28 bits per heavy atom. The van der Waals surface area contributed by atoms with Gasteiger partial charge >= 0.3 is 0 Å². The summed E-state index contributed by atoms with van der Waals surface area (Å²) in [6, 6.07) is 3.69. The lowest BCUT2D eigenvalue weighted by Crippen LogP contribution is -2.40. The van der Waals surface area contributed by atoms with Crippen molar-refractivity contribution in [3.05, 3.63) is 35.4 Å². The molecule has 2 aliphatic rings. The minimum Gasteiger partial charge on any atom is -0.337 e. The number of benzene rings is 1. The number of rotatable bonds is 2. The van der Waals surface area contributed by atoms with E-state index in [1.807, 2.05) is 16.7 Å². The van der Waals surface area contributed by atoms with E-state index >= 15 is 0 Å². The van der Waals surface area contributed by atoms with Crippen LogP contribution in [0.15, 0.2) is 18.2 Å². The maximum absolute atomic E-state index is 13.5. The average Bonchev–Trinajstić information content (AvgIpc) is 2.94. The number of likely N-dealkylation sites (tertiary alicyclic amines) is 1. The highest BCUT2D eigenvalue weighted by Crippen LogP contribution is 2.37. The molecule has 0 N–H and O–H groups in total. The van der Waals surface area contributed by atoms with Crippen molar-refractivity contribution >= 4 is 17.7 Å². The first kappa shape index (κ1) is 12.0. The first-order chi connectivity index (χ1) is 8.63. The molecule has 1 aromatic carbocycles. The zero-order valence-corrected chi connectivity index (χ0v) is 10.6. The zero-order valence-electron chi connectivity index (χ0n) is 9.73. The highest BCUT2D eigenvalue weighted by molar-refractivity contribution is 8.00. The third-order valence-electron chi connectivity index (χ3n) is 3.58.